The van der Waals surface area contributed by atoms with Crippen LogP contribution in [0.15, 0.2) is 71.9 Å². The Balaban J connectivity index is 1.60. The summed E-state index contributed by atoms with van der Waals surface area (Å²) < 4.78 is 2.07. The number of nitrogens with zero attached hydrogens (tertiary/aromatic N) is 3. The molecular formula is C21H19N3S. The van der Waals surface area contributed by atoms with E-state index in [-0.39, 0.29) is 0 Å². The van der Waals surface area contributed by atoms with E-state index in [0.717, 1.165) is 22.3 Å². The normalized spacial score (nSPS) is 11.1. The molecular weight excluding hydrogens is 326 g/mol. The summed E-state index contributed by atoms with van der Waals surface area (Å²) in [6.45, 7) is 2.09. The molecule has 1 heterocycles. The smallest absolute Gasteiger partial charge is 0.191 e. The third-order valence-corrected chi connectivity index (χ3v) is 5.42. The van der Waals surface area contributed by atoms with Crippen LogP contribution in [0, 0.1) is 6.92 Å². The third kappa shape index (κ3) is 3.17. The van der Waals surface area contributed by atoms with Crippen molar-refractivity contribution < 1.29 is 0 Å². The summed E-state index contributed by atoms with van der Waals surface area (Å²) in [7, 11) is 2.03. The summed E-state index contributed by atoms with van der Waals surface area (Å²) in [5.41, 5.74) is 3.65. The molecule has 0 spiro atoms. The van der Waals surface area contributed by atoms with Gasteiger partial charge in [0.05, 0.1) is 0 Å². The maximum atomic E-state index is 4.39. The highest BCUT2D eigenvalue weighted by Gasteiger charge is 2.12. The minimum atomic E-state index is 0.876. The summed E-state index contributed by atoms with van der Waals surface area (Å²) in [6, 6.07) is 23.3. The minimum absolute atomic E-state index is 0.876. The molecule has 0 bridgehead atoms. The Hall–Kier alpha value is -2.59. The van der Waals surface area contributed by atoms with Crippen molar-refractivity contribution in [2.75, 3.05) is 0 Å². The molecule has 0 saturated carbocycles. The van der Waals surface area contributed by atoms with Crippen LogP contribution in [0.4, 0.5) is 0 Å². The van der Waals surface area contributed by atoms with Crippen LogP contribution in [0.3, 0.4) is 0 Å². The van der Waals surface area contributed by atoms with E-state index < -0.39 is 0 Å². The number of aromatic nitrogens is 3. The Morgan fingerprint density at radius 2 is 1.72 bits per heavy atom. The highest BCUT2D eigenvalue weighted by Crippen LogP contribution is 2.28. The van der Waals surface area contributed by atoms with Crippen LogP contribution in [0.25, 0.3) is 22.2 Å². The molecule has 0 aliphatic heterocycles. The highest BCUT2D eigenvalue weighted by molar-refractivity contribution is 7.98. The Kier molecular flexibility index (Phi) is 4.28. The van der Waals surface area contributed by atoms with Gasteiger partial charge in [0.25, 0.3) is 0 Å². The van der Waals surface area contributed by atoms with Gasteiger partial charge in [-0.1, -0.05) is 78.0 Å². The Labute approximate surface area is 151 Å². The molecule has 25 heavy (non-hydrogen) atoms. The fraction of sp³-hybridized carbons (Fsp3) is 0.143. The highest BCUT2D eigenvalue weighted by atomic mass is 32.2. The van der Waals surface area contributed by atoms with E-state index in [1.165, 1.54) is 21.9 Å². The second-order valence-electron chi connectivity index (χ2n) is 6.16. The molecule has 0 N–H and O–H groups in total. The molecule has 4 aromatic rings. The van der Waals surface area contributed by atoms with Gasteiger partial charge in [-0.25, -0.2) is 0 Å². The van der Waals surface area contributed by atoms with Crippen molar-refractivity contribution >= 4 is 22.5 Å². The zero-order valence-corrected chi connectivity index (χ0v) is 15.1. The first kappa shape index (κ1) is 15.9. The van der Waals surface area contributed by atoms with Gasteiger partial charge < -0.3 is 4.57 Å². The maximum Gasteiger partial charge on any atom is 0.191 e. The molecule has 0 amide bonds. The van der Waals surface area contributed by atoms with Crippen molar-refractivity contribution in [1.82, 2.24) is 14.8 Å². The zero-order chi connectivity index (χ0) is 17.2. The lowest BCUT2D eigenvalue weighted by Gasteiger charge is -2.07. The van der Waals surface area contributed by atoms with Crippen LogP contribution in [0.2, 0.25) is 0 Å². The fourth-order valence-corrected chi connectivity index (χ4v) is 3.95. The topological polar surface area (TPSA) is 30.7 Å². The Morgan fingerprint density at radius 3 is 2.60 bits per heavy atom. The zero-order valence-electron chi connectivity index (χ0n) is 14.3. The van der Waals surface area contributed by atoms with Gasteiger partial charge in [0.2, 0.25) is 0 Å². The predicted molar refractivity (Wildman–Crippen MR) is 105 cm³/mol. The molecule has 0 aliphatic carbocycles. The monoisotopic (exact) mass is 345 g/mol. The first-order valence-corrected chi connectivity index (χ1v) is 9.27. The van der Waals surface area contributed by atoms with Crippen LogP contribution in [-0.2, 0) is 12.8 Å². The predicted octanol–water partition coefficient (Wildman–Crippen LogP) is 5.24. The third-order valence-electron chi connectivity index (χ3n) is 4.35. The van der Waals surface area contributed by atoms with E-state index in [9.17, 15) is 0 Å². The lowest BCUT2D eigenvalue weighted by atomic mass is 10.1. The molecule has 0 unspecified atom stereocenters. The van der Waals surface area contributed by atoms with Crippen LogP contribution in [0.1, 0.15) is 11.1 Å². The van der Waals surface area contributed by atoms with E-state index in [2.05, 4.69) is 88.4 Å². The maximum absolute atomic E-state index is 4.39. The lowest BCUT2D eigenvalue weighted by molar-refractivity contribution is 0.794. The molecule has 0 radical (unpaired) electrons. The van der Waals surface area contributed by atoms with Gasteiger partial charge in [0.1, 0.15) is 0 Å². The van der Waals surface area contributed by atoms with Crippen molar-refractivity contribution in [1.29, 1.82) is 0 Å². The number of fused-ring (bicyclic) bond motifs is 1. The van der Waals surface area contributed by atoms with E-state index in [1.54, 1.807) is 11.8 Å². The number of benzene rings is 3. The largest absolute Gasteiger partial charge is 0.305 e. The van der Waals surface area contributed by atoms with Crippen LogP contribution < -0.4 is 0 Å². The number of thioether (sulfide) groups is 1. The van der Waals surface area contributed by atoms with Gasteiger partial charge in [0, 0.05) is 18.4 Å². The fourth-order valence-electron chi connectivity index (χ4n) is 3.04. The summed E-state index contributed by atoms with van der Waals surface area (Å²) in [4.78, 5) is 0. The number of hydrogen-bond donors (Lipinski definition) is 0. The molecule has 3 aromatic carbocycles. The average molecular weight is 345 g/mol. The van der Waals surface area contributed by atoms with Crippen LogP contribution in [0.5, 0.6) is 0 Å². The summed E-state index contributed by atoms with van der Waals surface area (Å²) in [5.74, 6) is 1.78. The molecule has 0 aliphatic rings. The van der Waals surface area contributed by atoms with Crippen molar-refractivity contribution in [2.45, 2.75) is 17.8 Å². The molecule has 4 heteroatoms. The molecule has 1 aromatic heterocycles. The molecule has 4 rings (SSSR count). The van der Waals surface area contributed by atoms with Crippen molar-refractivity contribution in [2.24, 2.45) is 7.05 Å². The quantitative estimate of drug-likeness (QED) is 0.474. The van der Waals surface area contributed by atoms with Crippen molar-refractivity contribution in [3.8, 4) is 11.4 Å². The standard InChI is InChI=1S/C21H19N3S/c1-15-7-5-10-17(13-15)20-22-23-21(24(20)2)25-14-18-11-6-9-16-8-3-4-12-19(16)18/h3-13H,14H2,1-2H3. The van der Waals surface area contributed by atoms with Crippen molar-refractivity contribution in [3.63, 3.8) is 0 Å². The van der Waals surface area contributed by atoms with Gasteiger partial charge in [-0.05, 0) is 29.3 Å². The minimum Gasteiger partial charge on any atom is -0.305 e. The first-order valence-electron chi connectivity index (χ1n) is 8.28. The van der Waals surface area contributed by atoms with Gasteiger partial charge in [0.15, 0.2) is 11.0 Å². The van der Waals surface area contributed by atoms with E-state index in [1.807, 2.05) is 7.05 Å². The molecule has 0 saturated heterocycles. The van der Waals surface area contributed by atoms with Gasteiger partial charge in [-0.2, -0.15) is 0 Å². The molecule has 124 valence electrons. The van der Waals surface area contributed by atoms with Crippen LogP contribution >= 0.6 is 11.8 Å². The Bertz CT molecular complexity index is 1030. The number of aryl methyl sites for hydroxylation is 1. The van der Waals surface area contributed by atoms with Gasteiger partial charge >= 0.3 is 0 Å². The molecule has 3 nitrogen and oxygen atoms in total. The van der Waals surface area contributed by atoms with Crippen molar-refractivity contribution in [3.05, 3.63) is 77.9 Å². The average Bonchev–Trinajstić information content (AvgIpc) is 3.00. The second kappa shape index (κ2) is 6.73. The summed E-state index contributed by atoms with van der Waals surface area (Å²) in [5, 5.41) is 12.3. The van der Waals surface area contributed by atoms with Gasteiger partial charge in [-0.15, -0.1) is 10.2 Å². The van der Waals surface area contributed by atoms with Gasteiger partial charge in [-0.3, -0.25) is 0 Å². The van der Waals surface area contributed by atoms with E-state index in [4.69, 9.17) is 0 Å². The molecule has 0 atom stereocenters. The van der Waals surface area contributed by atoms with E-state index in [0.29, 0.717) is 0 Å². The van der Waals surface area contributed by atoms with Crippen LogP contribution in [-0.4, -0.2) is 14.8 Å². The van der Waals surface area contributed by atoms with E-state index >= 15 is 0 Å². The molecule has 0 fully saturated rings. The number of rotatable bonds is 4. The summed E-state index contributed by atoms with van der Waals surface area (Å²) in [6.07, 6.45) is 0. The Morgan fingerprint density at radius 1 is 0.920 bits per heavy atom. The number of hydrogen-bond acceptors (Lipinski definition) is 3. The summed E-state index contributed by atoms with van der Waals surface area (Å²) >= 11 is 1.72. The second-order valence-corrected chi connectivity index (χ2v) is 7.10. The lowest BCUT2D eigenvalue weighted by Crippen LogP contribution is -1.95. The first-order chi connectivity index (χ1) is 12.2. The SMILES string of the molecule is Cc1cccc(-c2nnc(SCc3cccc4ccccc34)n2C)c1.